The number of aryl methyl sites for hydroxylation is 1. The zero-order valence-corrected chi connectivity index (χ0v) is 11.0. The molecule has 0 fully saturated rings. The van der Waals surface area contributed by atoms with Crippen LogP contribution in [0.15, 0.2) is 12.1 Å². The number of hydrogen-bond donors (Lipinski definition) is 1. The predicted octanol–water partition coefficient (Wildman–Crippen LogP) is 3.53. The summed E-state index contributed by atoms with van der Waals surface area (Å²) in [5, 5.41) is 0. The first-order valence-corrected chi connectivity index (χ1v) is 5.13. The van der Waals surface area contributed by atoms with Crippen molar-refractivity contribution in [1.29, 1.82) is 0 Å². The van der Waals surface area contributed by atoms with Gasteiger partial charge in [-0.05, 0) is 42.0 Å². The Morgan fingerprint density at radius 3 is 1.93 bits per heavy atom. The van der Waals surface area contributed by atoms with E-state index >= 15 is 0 Å². The van der Waals surface area contributed by atoms with E-state index in [0.717, 1.165) is 24.9 Å². The highest BCUT2D eigenvalue weighted by Gasteiger charge is 2.06. The van der Waals surface area contributed by atoms with Crippen LogP contribution in [0.4, 0.5) is 5.69 Å². The molecule has 0 saturated carbocycles. The second-order valence-corrected chi connectivity index (χ2v) is 3.33. The monoisotopic (exact) mass is 257 g/mol. The maximum atomic E-state index is 5.93. The lowest BCUT2D eigenvalue weighted by molar-refractivity contribution is 0.984. The summed E-state index contributed by atoms with van der Waals surface area (Å²) in [6.45, 7) is 6.57. The average Bonchev–Trinajstić information content (AvgIpc) is 2.17. The standard InChI is InChI=1S/C12H19N.BrH/c1-4-9-7-8-12(13)11(6-3)10(9)5-2;/h7-8H,4-6,13H2,1-3H3;1H. The highest BCUT2D eigenvalue weighted by atomic mass is 79.9. The maximum absolute atomic E-state index is 5.93. The van der Waals surface area contributed by atoms with Gasteiger partial charge in [0.15, 0.2) is 0 Å². The van der Waals surface area contributed by atoms with Crippen molar-refractivity contribution in [2.24, 2.45) is 0 Å². The van der Waals surface area contributed by atoms with E-state index in [4.69, 9.17) is 5.73 Å². The van der Waals surface area contributed by atoms with Crippen LogP contribution in [0.2, 0.25) is 0 Å². The molecule has 80 valence electrons. The van der Waals surface area contributed by atoms with E-state index in [1.54, 1.807) is 0 Å². The van der Waals surface area contributed by atoms with Crippen LogP contribution in [-0.2, 0) is 19.3 Å². The molecule has 1 aromatic carbocycles. The van der Waals surface area contributed by atoms with Gasteiger partial charge in [-0.25, -0.2) is 0 Å². The van der Waals surface area contributed by atoms with Gasteiger partial charge in [0.2, 0.25) is 0 Å². The molecule has 1 nitrogen and oxygen atoms in total. The highest BCUT2D eigenvalue weighted by Crippen LogP contribution is 2.22. The molecule has 2 heteroatoms. The Bertz CT molecular complexity index is 295. The quantitative estimate of drug-likeness (QED) is 0.824. The van der Waals surface area contributed by atoms with Gasteiger partial charge in [0.1, 0.15) is 0 Å². The molecule has 0 unspecified atom stereocenters. The molecule has 0 bridgehead atoms. The third-order valence-corrected chi connectivity index (χ3v) is 2.65. The van der Waals surface area contributed by atoms with Gasteiger partial charge in [0, 0.05) is 5.69 Å². The fraction of sp³-hybridized carbons (Fsp3) is 0.500. The Labute approximate surface area is 97.5 Å². The first kappa shape index (κ1) is 13.5. The summed E-state index contributed by atoms with van der Waals surface area (Å²) in [4.78, 5) is 0. The van der Waals surface area contributed by atoms with Gasteiger partial charge in [-0.2, -0.15) is 0 Å². The van der Waals surface area contributed by atoms with Crippen LogP contribution in [0.5, 0.6) is 0 Å². The van der Waals surface area contributed by atoms with Crippen LogP contribution in [-0.4, -0.2) is 0 Å². The molecule has 0 aromatic heterocycles. The van der Waals surface area contributed by atoms with Crippen LogP contribution in [0, 0.1) is 0 Å². The molecule has 0 heterocycles. The van der Waals surface area contributed by atoms with Gasteiger partial charge >= 0.3 is 0 Å². The Kier molecular flexibility index (Phi) is 5.86. The molecule has 0 aliphatic carbocycles. The van der Waals surface area contributed by atoms with Crippen molar-refractivity contribution in [1.82, 2.24) is 0 Å². The van der Waals surface area contributed by atoms with Crippen LogP contribution >= 0.6 is 17.0 Å². The van der Waals surface area contributed by atoms with Crippen LogP contribution in [0.3, 0.4) is 0 Å². The lowest BCUT2D eigenvalue weighted by Crippen LogP contribution is -2.02. The van der Waals surface area contributed by atoms with Gasteiger partial charge < -0.3 is 5.73 Å². The molecule has 0 aliphatic rings. The topological polar surface area (TPSA) is 26.0 Å². The normalized spacial score (nSPS) is 9.64. The molecular formula is C12H20BrN. The minimum absolute atomic E-state index is 0. The maximum Gasteiger partial charge on any atom is 0.0349 e. The summed E-state index contributed by atoms with van der Waals surface area (Å²) in [5.74, 6) is 0. The van der Waals surface area contributed by atoms with E-state index in [0.29, 0.717) is 0 Å². The zero-order valence-electron chi connectivity index (χ0n) is 9.26. The fourth-order valence-electron chi connectivity index (χ4n) is 1.95. The van der Waals surface area contributed by atoms with Crippen LogP contribution in [0.1, 0.15) is 37.5 Å². The molecule has 0 atom stereocenters. The number of hydrogen-bond acceptors (Lipinski definition) is 1. The van der Waals surface area contributed by atoms with E-state index in [9.17, 15) is 0 Å². The van der Waals surface area contributed by atoms with E-state index in [2.05, 4.69) is 26.8 Å². The average molecular weight is 258 g/mol. The fourth-order valence-corrected chi connectivity index (χ4v) is 1.95. The number of nitrogen functional groups attached to an aromatic ring is 1. The van der Waals surface area contributed by atoms with Crippen molar-refractivity contribution in [2.75, 3.05) is 5.73 Å². The van der Waals surface area contributed by atoms with Crippen LogP contribution in [0.25, 0.3) is 0 Å². The van der Waals surface area contributed by atoms with Gasteiger partial charge in [-0.15, -0.1) is 17.0 Å². The van der Waals surface area contributed by atoms with Crippen molar-refractivity contribution >= 4 is 22.7 Å². The molecule has 0 radical (unpaired) electrons. The van der Waals surface area contributed by atoms with Gasteiger partial charge in [0.25, 0.3) is 0 Å². The minimum Gasteiger partial charge on any atom is -0.398 e. The summed E-state index contributed by atoms with van der Waals surface area (Å²) in [6.07, 6.45) is 3.25. The van der Waals surface area contributed by atoms with E-state index in [-0.39, 0.29) is 17.0 Å². The summed E-state index contributed by atoms with van der Waals surface area (Å²) in [5.41, 5.74) is 11.2. The lowest BCUT2D eigenvalue weighted by atomic mass is 9.94. The first-order valence-electron chi connectivity index (χ1n) is 5.13. The molecular weight excluding hydrogens is 238 g/mol. The highest BCUT2D eigenvalue weighted by molar-refractivity contribution is 8.93. The molecule has 0 spiro atoms. The second kappa shape index (κ2) is 6.07. The molecule has 1 rings (SSSR count). The zero-order chi connectivity index (χ0) is 9.84. The minimum atomic E-state index is 0. The second-order valence-electron chi connectivity index (χ2n) is 3.33. The third kappa shape index (κ3) is 2.50. The van der Waals surface area contributed by atoms with Gasteiger partial charge in [0.05, 0.1) is 0 Å². The number of benzene rings is 1. The number of halogens is 1. The van der Waals surface area contributed by atoms with E-state index in [1.807, 2.05) is 6.07 Å². The number of nitrogens with two attached hydrogens (primary N) is 1. The lowest BCUT2D eigenvalue weighted by Gasteiger charge is -2.13. The van der Waals surface area contributed by atoms with Crippen LogP contribution < -0.4 is 5.73 Å². The molecule has 14 heavy (non-hydrogen) atoms. The summed E-state index contributed by atoms with van der Waals surface area (Å²) in [6, 6.07) is 4.20. The SMILES string of the molecule is Br.CCc1ccc(N)c(CC)c1CC. The Morgan fingerprint density at radius 1 is 0.929 bits per heavy atom. The predicted molar refractivity (Wildman–Crippen MR) is 69.3 cm³/mol. The third-order valence-electron chi connectivity index (χ3n) is 2.65. The Morgan fingerprint density at radius 2 is 1.50 bits per heavy atom. The molecule has 1 aromatic rings. The van der Waals surface area contributed by atoms with E-state index < -0.39 is 0 Å². The molecule has 0 amide bonds. The Balaban J connectivity index is 0.00000169. The van der Waals surface area contributed by atoms with Crippen molar-refractivity contribution in [3.05, 3.63) is 28.8 Å². The summed E-state index contributed by atoms with van der Waals surface area (Å²) in [7, 11) is 0. The van der Waals surface area contributed by atoms with Crippen molar-refractivity contribution in [2.45, 2.75) is 40.0 Å². The molecule has 2 N–H and O–H groups in total. The van der Waals surface area contributed by atoms with Crippen molar-refractivity contribution in [3.8, 4) is 0 Å². The smallest absolute Gasteiger partial charge is 0.0349 e. The Hall–Kier alpha value is -0.500. The largest absolute Gasteiger partial charge is 0.398 e. The summed E-state index contributed by atoms with van der Waals surface area (Å²) >= 11 is 0. The van der Waals surface area contributed by atoms with Crippen molar-refractivity contribution in [3.63, 3.8) is 0 Å². The first-order chi connectivity index (χ1) is 6.24. The van der Waals surface area contributed by atoms with Gasteiger partial charge in [-0.3, -0.25) is 0 Å². The summed E-state index contributed by atoms with van der Waals surface area (Å²) < 4.78 is 0. The molecule has 0 aliphatic heterocycles. The molecule has 0 saturated heterocycles. The number of anilines is 1. The van der Waals surface area contributed by atoms with Crippen molar-refractivity contribution < 1.29 is 0 Å². The van der Waals surface area contributed by atoms with E-state index in [1.165, 1.54) is 16.7 Å². The van der Waals surface area contributed by atoms with Gasteiger partial charge in [-0.1, -0.05) is 26.8 Å². The number of rotatable bonds is 3.